The first-order valence-electron chi connectivity index (χ1n) is 10.1. The van der Waals surface area contributed by atoms with Crippen molar-refractivity contribution < 1.29 is 14.4 Å². The summed E-state index contributed by atoms with van der Waals surface area (Å²) in [6, 6.07) is 7.72. The van der Waals surface area contributed by atoms with Crippen molar-refractivity contribution in [2.45, 2.75) is 27.7 Å². The quantitative estimate of drug-likeness (QED) is 0.561. The van der Waals surface area contributed by atoms with Gasteiger partial charge in [-0.3, -0.25) is 19.3 Å². The summed E-state index contributed by atoms with van der Waals surface area (Å²) in [5.74, 6) is 0.0835. The van der Waals surface area contributed by atoms with Gasteiger partial charge in [0.15, 0.2) is 0 Å². The molecule has 7 nitrogen and oxygen atoms in total. The standard InChI is InChI=1S/C23H22N4O3S2/c1-12-5-7-16(8-6-12)11-17-22(29)27(23(30)31-17)10-9-24-20(28)19-13(2)18-14(3)25-15(4)26-21(18)32-19/h5-8,11H,9-10H2,1-4H3,(H,24,28)/b17-11-. The van der Waals surface area contributed by atoms with E-state index in [4.69, 9.17) is 0 Å². The van der Waals surface area contributed by atoms with Crippen LogP contribution in [0.15, 0.2) is 29.2 Å². The number of imide groups is 1. The molecule has 1 aromatic carbocycles. The van der Waals surface area contributed by atoms with Crippen LogP contribution in [0.2, 0.25) is 0 Å². The van der Waals surface area contributed by atoms with Crippen LogP contribution in [0.5, 0.6) is 0 Å². The molecule has 1 N–H and O–H groups in total. The van der Waals surface area contributed by atoms with E-state index in [9.17, 15) is 14.4 Å². The van der Waals surface area contributed by atoms with E-state index in [-0.39, 0.29) is 30.1 Å². The van der Waals surface area contributed by atoms with Gasteiger partial charge in [-0.2, -0.15) is 0 Å². The highest BCUT2D eigenvalue weighted by Crippen LogP contribution is 2.33. The van der Waals surface area contributed by atoms with Gasteiger partial charge in [-0.1, -0.05) is 29.8 Å². The number of carbonyl (C=O) groups is 3. The van der Waals surface area contributed by atoms with E-state index in [0.29, 0.717) is 15.6 Å². The maximum atomic E-state index is 12.7. The summed E-state index contributed by atoms with van der Waals surface area (Å²) in [6.07, 6.45) is 1.72. The number of amides is 3. The minimum absolute atomic E-state index is 0.115. The van der Waals surface area contributed by atoms with E-state index < -0.39 is 0 Å². The number of aryl methyl sites for hydroxylation is 4. The number of hydrogen-bond acceptors (Lipinski definition) is 7. The monoisotopic (exact) mass is 466 g/mol. The van der Waals surface area contributed by atoms with Crippen LogP contribution in [0, 0.1) is 27.7 Å². The minimum atomic E-state index is -0.339. The normalized spacial score (nSPS) is 15.2. The fourth-order valence-corrected chi connectivity index (χ4v) is 5.62. The van der Waals surface area contributed by atoms with E-state index in [1.165, 1.54) is 16.2 Å². The zero-order valence-electron chi connectivity index (χ0n) is 18.2. The molecule has 0 unspecified atom stereocenters. The fraction of sp³-hybridized carbons (Fsp3) is 0.261. The number of nitrogens with one attached hydrogen (secondary N) is 1. The third-order valence-corrected chi connectivity index (χ3v) is 7.25. The first kappa shape index (κ1) is 22.2. The van der Waals surface area contributed by atoms with E-state index in [1.54, 1.807) is 6.08 Å². The number of nitrogens with zero attached hydrogens (tertiary/aromatic N) is 3. The number of fused-ring (bicyclic) bond motifs is 1. The third kappa shape index (κ3) is 4.31. The number of rotatable bonds is 5. The highest BCUT2D eigenvalue weighted by atomic mass is 32.2. The molecule has 3 aromatic rings. The molecule has 0 radical (unpaired) electrons. The fourth-order valence-electron chi connectivity index (χ4n) is 3.56. The second kappa shape index (κ2) is 8.84. The van der Waals surface area contributed by atoms with Crippen molar-refractivity contribution in [3.05, 3.63) is 62.3 Å². The van der Waals surface area contributed by atoms with Gasteiger partial charge in [0.1, 0.15) is 10.7 Å². The van der Waals surface area contributed by atoms with Crippen LogP contribution >= 0.6 is 23.1 Å². The summed E-state index contributed by atoms with van der Waals surface area (Å²) in [4.78, 5) is 49.5. The Morgan fingerprint density at radius 3 is 2.53 bits per heavy atom. The first-order valence-corrected chi connectivity index (χ1v) is 11.7. The smallest absolute Gasteiger partial charge is 0.293 e. The third-order valence-electron chi connectivity index (χ3n) is 5.16. The molecule has 0 bridgehead atoms. The number of hydrogen-bond donors (Lipinski definition) is 1. The zero-order chi connectivity index (χ0) is 23.0. The molecule has 32 heavy (non-hydrogen) atoms. The summed E-state index contributed by atoms with van der Waals surface area (Å²) >= 11 is 2.24. The Morgan fingerprint density at radius 1 is 1.09 bits per heavy atom. The molecule has 1 aliphatic rings. The summed E-state index contributed by atoms with van der Waals surface area (Å²) in [7, 11) is 0. The van der Waals surface area contributed by atoms with Crippen LogP contribution in [-0.2, 0) is 4.79 Å². The lowest BCUT2D eigenvalue weighted by molar-refractivity contribution is -0.122. The SMILES string of the molecule is Cc1ccc(/C=C2\SC(=O)N(CCNC(=O)c3sc4nc(C)nc(C)c4c3C)C2=O)cc1. The molecule has 0 saturated carbocycles. The molecular formula is C23H22N4O3S2. The maximum Gasteiger partial charge on any atom is 0.293 e. The Labute approximate surface area is 193 Å². The lowest BCUT2D eigenvalue weighted by atomic mass is 10.1. The van der Waals surface area contributed by atoms with E-state index in [1.807, 2.05) is 52.0 Å². The summed E-state index contributed by atoms with van der Waals surface area (Å²) in [6.45, 7) is 7.89. The molecule has 9 heteroatoms. The topological polar surface area (TPSA) is 92.3 Å². The average molecular weight is 467 g/mol. The van der Waals surface area contributed by atoms with E-state index in [2.05, 4.69) is 15.3 Å². The molecular weight excluding hydrogens is 444 g/mol. The van der Waals surface area contributed by atoms with E-state index >= 15 is 0 Å². The first-order chi connectivity index (χ1) is 15.2. The number of thioether (sulfide) groups is 1. The van der Waals surface area contributed by atoms with Crippen molar-refractivity contribution in [2.24, 2.45) is 0 Å². The molecule has 1 saturated heterocycles. The van der Waals surface area contributed by atoms with Crippen LogP contribution in [0.3, 0.4) is 0 Å². The van der Waals surface area contributed by atoms with Crippen molar-refractivity contribution >= 4 is 56.4 Å². The molecule has 0 spiro atoms. The minimum Gasteiger partial charge on any atom is -0.350 e. The molecule has 4 rings (SSSR count). The molecule has 1 aliphatic heterocycles. The predicted molar refractivity (Wildman–Crippen MR) is 128 cm³/mol. The van der Waals surface area contributed by atoms with E-state index in [0.717, 1.165) is 44.4 Å². The predicted octanol–water partition coefficient (Wildman–Crippen LogP) is 4.39. The Balaban J connectivity index is 1.41. The summed E-state index contributed by atoms with van der Waals surface area (Å²) < 4.78 is 0. The van der Waals surface area contributed by atoms with Gasteiger partial charge in [0.25, 0.3) is 17.1 Å². The van der Waals surface area contributed by atoms with Gasteiger partial charge in [0.2, 0.25) is 0 Å². The second-order valence-electron chi connectivity index (χ2n) is 7.59. The zero-order valence-corrected chi connectivity index (χ0v) is 19.8. The molecule has 3 amide bonds. The lowest BCUT2D eigenvalue weighted by Crippen LogP contribution is -2.37. The molecule has 3 heterocycles. The van der Waals surface area contributed by atoms with Crippen molar-refractivity contribution in [2.75, 3.05) is 13.1 Å². The van der Waals surface area contributed by atoms with Crippen LogP contribution < -0.4 is 5.32 Å². The van der Waals surface area contributed by atoms with Gasteiger partial charge in [0.05, 0.1) is 9.78 Å². The van der Waals surface area contributed by atoms with Crippen LogP contribution in [-0.4, -0.2) is 45.0 Å². The second-order valence-corrected chi connectivity index (χ2v) is 9.58. The van der Waals surface area contributed by atoms with Crippen LogP contribution in [0.4, 0.5) is 4.79 Å². The molecule has 0 atom stereocenters. The lowest BCUT2D eigenvalue weighted by Gasteiger charge is -2.12. The summed E-state index contributed by atoms with van der Waals surface area (Å²) in [5, 5.41) is 3.39. The Bertz CT molecular complexity index is 1280. The number of aromatic nitrogens is 2. The number of carbonyl (C=O) groups excluding carboxylic acids is 3. The number of thiophene rings is 1. The largest absolute Gasteiger partial charge is 0.350 e. The van der Waals surface area contributed by atoms with Gasteiger partial charge in [-0.25, -0.2) is 9.97 Å². The molecule has 0 aliphatic carbocycles. The maximum absolute atomic E-state index is 12.7. The molecule has 1 fully saturated rings. The highest BCUT2D eigenvalue weighted by Gasteiger charge is 2.34. The Kier molecular flexibility index (Phi) is 6.12. The summed E-state index contributed by atoms with van der Waals surface area (Å²) in [5.41, 5.74) is 3.67. The molecule has 2 aromatic heterocycles. The Hall–Kier alpha value is -3.04. The van der Waals surface area contributed by atoms with Crippen molar-refractivity contribution in [3.8, 4) is 0 Å². The van der Waals surface area contributed by atoms with Gasteiger partial charge in [-0.05, 0) is 56.7 Å². The average Bonchev–Trinajstić information content (AvgIpc) is 3.20. The van der Waals surface area contributed by atoms with Crippen molar-refractivity contribution in [1.82, 2.24) is 20.2 Å². The highest BCUT2D eigenvalue weighted by molar-refractivity contribution is 8.18. The van der Waals surface area contributed by atoms with Gasteiger partial charge in [-0.15, -0.1) is 11.3 Å². The van der Waals surface area contributed by atoms with Crippen molar-refractivity contribution in [3.63, 3.8) is 0 Å². The number of benzene rings is 1. The van der Waals surface area contributed by atoms with Gasteiger partial charge >= 0.3 is 0 Å². The van der Waals surface area contributed by atoms with Crippen molar-refractivity contribution in [1.29, 1.82) is 0 Å². The van der Waals surface area contributed by atoms with Crippen LogP contribution in [0.1, 0.15) is 37.9 Å². The molecule has 164 valence electrons. The van der Waals surface area contributed by atoms with Gasteiger partial charge in [0, 0.05) is 24.2 Å². The van der Waals surface area contributed by atoms with Crippen LogP contribution in [0.25, 0.3) is 16.3 Å². The Morgan fingerprint density at radius 2 is 1.81 bits per heavy atom. The van der Waals surface area contributed by atoms with Gasteiger partial charge < -0.3 is 5.32 Å².